The van der Waals surface area contributed by atoms with Gasteiger partial charge in [-0.05, 0) is 0 Å². The van der Waals surface area contributed by atoms with E-state index in [9.17, 15) is 10.1 Å². The van der Waals surface area contributed by atoms with Crippen LogP contribution >= 0.6 is 0 Å². The summed E-state index contributed by atoms with van der Waals surface area (Å²) in [4.78, 5) is 9.13. The molecule has 0 amide bonds. The fourth-order valence-corrected chi connectivity index (χ4v) is 0.243. The minimum Gasteiger partial charge on any atom is -0.295 e. The third-order valence-corrected chi connectivity index (χ3v) is 0.420. The van der Waals surface area contributed by atoms with E-state index in [0.29, 0.717) is 0 Å². The molecule has 0 bridgehead atoms. The summed E-state index contributed by atoms with van der Waals surface area (Å²) in [5.41, 5.74) is 0. The Morgan fingerprint density at radius 3 is 2.00 bits per heavy atom. The molecule has 0 rings (SSSR count). The minimum absolute atomic E-state index is 0. The molecule has 0 saturated heterocycles. The average molecular weight is 288 g/mol. The van der Waals surface area contributed by atoms with Gasteiger partial charge in [-0.2, -0.15) is 0 Å². The van der Waals surface area contributed by atoms with Gasteiger partial charge in [0.2, 0.25) is 0 Å². The summed E-state index contributed by atoms with van der Waals surface area (Å²) >= 11 is 0. The maximum absolute atomic E-state index is 9.56. The second kappa shape index (κ2) is 5.08. The maximum Gasteiger partial charge on any atom is 0 e. The summed E-state index contributed by atoms with van der Waals surface area (Å²) in [5.74, 6) is 0.0509. The van der Waals surface area contributed by atoms with Crippen molar-refractivity contribution in [2.45, 2.75) is 13.8 Å². The quantitative estimate of drug-likeness (QED) is 0.433. The molecule has 0 heterocycles. The molecule has 8 heavy (non-hydrogen) atoms. The Bertz CT molecular complexity index is 74.4. The second-order valence-electron chi connectivity index (χ2n) is 1.68. The Balaban J connectivity index is 0. The molecule has 4 heteroatoms. The molecular formula is C4H8NO2Re-. The summed E-state index contributed by atoms with van der Waals surface area (Å²) in [7, 11) is 0. The molecule has 0 aliphatic heterocycles. The molecule has 3 nitrogen and oxygen atoms in total. The average Bonchev–Trinajstić information content (AvgIpc) is 1.27. The Labute approximate surface area is 62.3 Å². The first-order chi connectivity index (χ1) is 3.13. The Kier molecular flexibility index (Phi) is 6.87. The monoisotopic (exact) mass is 289 g/mol. The van der Waals surface area contributed by atoms with Gasteiger partial charge < -0.3 is 0 Å². The molecule has 0 aromatic heterocycles. The summed E-state index contributed by atoms with van der Waals surface area (Å²) in [6, 6.07) is 0. The molecule has 0 fully saturated rings. The first-order valence-corrected chi connectivity index (χ1v) is 2.11. The summed E-state index contributed by atoms with van der Waals surface area (Å²) in [5, 5.41) is 9.56. The van der Waals surface area contributed by atoms with Gasteiger partial charge in [0.15, 0.2) is 0 Å². The van der Waals surface area contributed by atoms with Crippen molar-refractivity contribution in [1.29, 1.82) is 0 Å². The van der Waals surface area contributed by atoms with E-state index in [1.54, 1.807) is 13.8 Å². The van der Waals surface area contributed by atoms with Crippen LogP contribution < -0.4 is 0 Å². The molecule has 0 aliphatic rings. The van der Waals surface area contributed by atoms with E-state index in [1.165, 1.54) is 0 Å². The van der Waals surface area contributed by atoms with Crippen molar-refractivity contribution >= 4 is 0 Å². The van der Waals surface area contributed by atoms with Gasteiger partial charge in [-0.1, -0.05) is 26.3 Å². The molecule has 0 aliphatic carbocycles. The molecule has 0 aromatic rings. The zero-order chi connectivity index (χ0) is 5.86. The van der Waals surface area contributed by atoms with E-state index in [-0.39, 0.29) is 26.3 Å². The number of nitro groups is 1. The second-order valence-corrected chi connectivity index (χ2v) is 1.68. The minimum atomic E-state index is -0.426. The third kappa shape index (κ3) is 9.33. The topological polar surface area (TPSA) is 43.1 Å². The predicted molar refractivity (Wildman–Crippen MR) is 26.1 cm³/mol. The molecule has 0 spiro atoms. The molecule has 0 atom stereocenters. The predicted octanol–water partition coefficient (Wildman–Crippen LogP) is 1.08. The largest absolute Gasteiger partial charge is 0.295 e. The van der Waals surface area contributed by atoms with Crippen molar-refractivity contribution in [2.75, 3.05) is 0 Å². The fourth-order valence-electron chi connectivity index (χ4n) is 0.243. The molecule has 0 aromatic carbocycles. The SMILES string of the molecule is CC(C)[CH-][N+](=O)[O-].[Re]. The van der Waals surface area contributed by atoms with Crippen LogP contribution in [0.4, 0.5) is 0 Å². The van der Waals surface area contributed by atoms with Gasteiger partial charge in [-0.15, -0.1) is 4.92 Å². The molecule has 49 valence electrons. The van der Waals surface area contributed by atoms with Gasteiger partial charge in [-0.3, -0.25) is 10.1 Å². The van der Waals surface area contributed by atoms with E-state index >= 15 is 0 Å². The van der Waals surface area contributed by atoms with E-state index in [4.69, 9.17) is 0 Å². The van der Waals surface area contributed by atoms with E-state index < -0.39 is 4.92 Å². The molecule has 0 N–H and O–H groups in total. The summed E-state index contributed by atoms with van der Waals surface area (Å²) < 4.78 is 0. The molecule has 0 saturated carbocycles. The Hall–Kier alpha value is -0.0677. The van der Waals surface area contributed by atoms with Gasteiger partial charge in [0.05, 0.1) is 0 Å². The van der Waals surface area contributed by atoms with Gasteiger partial charge in [0.25, 0.3) is 0 Å². The van der Waals surface area contributed by atoms with Crippen LogP contribution in [0.3, 0.4) is 0 Å². The van der Waals surface area contributed by atoms with Crippen molar-refractivity contribution in [3.8, 4) is 0 Å². The van der Waals surface area contributed by atoms with Crippen LogP contribution in [0.2, 0.25) is 0 Å². The first kappa shape index (κ1) is 10.8. The zero-order valence-corrected chi connectivity index (χ0v) is 7.51. The van der Waals surface area contributed by atoms with Gasteiger partial charge >= 0.3 is 0 Å². The maximum atomic E-state index is 9.56. The Morgan fingerprint density at radius 1 is 1.62 bits per heavy atom. The van der Waals surface area contributed by atoms with Crippen molar-refractivity contribution in [2.24, 2.45) is 5.92 Å². The van der Waals surface area contributed by atoms with Gasteiger partial charge in [0.1, 0.15) is 0 Å². The summed E-state index contributed by atoms with van der Waals surface area (Å²) in [6.07, 6.45) is 0. The van der Waals surface area contributed by atoms with Crippen LogP contribution in [0.15, 0.2) is 0 Å². The van der Waals surface area contributed by atoms with Crippen LogP contribution in [0.1, 0.15) is 13.8 Å². The zero-order valence-electron chi connectivity index (χ0n) is 4.80. The first-order valence-electron chi connectivity index (χ1n) is 2.11. The van der Waals surface area contributed by atoms with E-state index in [2.05, 4.69) is 0 Å². The van der Waals surface area contributed by atoms with E-state index in [1.807, 2.05) is 0 Å². The normalized spacial score (nSPS) is 7.88. The molecule has 0 unspecified atom stereocenters. The molecular weight excluding hydrogens is 280 g/mol. The number of hydrogen-bond acceptors (Lipinski definition) is 2. The summed E-state index contributed by atoms with van der Waals surface area (Å²) in [6.45, 7) is 4.59. The van der Waals surface area contributed by atoms with Gasteiger partial charge in [-0.25, -0.2) is 0 Å². The van der Waals surface area contributed by atoms with Crippen LogP contribution in [0.5, 0.6) is 0 Å². The number of nitrogens with zero attached hydrogens (tertiary/aromatic N) is 1. The number of hydrogen-bond donors (Lipinski definition) is 0. The Morgan fingerprint density at radius 2 is 2.00 bits per heavy atom. The fraction of sp³-hybridized carbons (Fsp3) is 0.750. The van der Waals surface area contributed by atoms with Crippen LogP contribution in [0, 0.1) is 22.6 Å². The van der Waals surface area contributed by atoms with Gasteiger partial charge in [0, 0.05) is 20.4 Å². The number of rotatable bonds is 2. The van der Waals surface area contributed by atoms with Crippen molar-refractivity contribution in [3.63, 3.8) is 0 Å². The van der Waals surface area contributed by atoms with Crippen LogP contribution in [0.25, 0.3) is 0 Å². The van der Waals surface area contributed by atoms with Crippen molar-refractivity contribution in [3.05, 3.63) is 16.7 Å². The standard InChI is InChI=1S/C4H8NO2.Re/c1-4(2)3-5(6)7;/h3-4H,1-2H3;/q-1;. The van der Waals surface area contributed by atoms with Crippen LogP contribution in [-0.4, -0.2) is 4.92 Å². The van der Waals surface area contributed by atoms with E-state index in [0.717, 1.165) is 6.54 Å². The molecule has 1 radical (unpaired) electrons. The van der Waals surface area contributed by atoms with Crippen molar-refractivity contribution in [1.82, 2.24) is 0 Å². The smallest absolute Gasteiger partial charge is 0 e. The van der Waals surface area contributed by atoms with Crippen molar-refractivity contribution < 1.29 is 25.3 Å². The van der Waals surface area contributed by atoms with Crippen LogP contribution in [-0.2, 0) is 20.4 Å². The third-order valence-electron chi connectivity index (χ3n) is 0.420.